The van der Waals surface area contributed by atoms with Crippen LogP contribution < -0.4 is 5.32 Å². The first kappa shape index (κ1) is 20.0. The third-order valence-electron chi connectivity index (χ3n) is 5.02. The fraction of sp³-hybridized carbons (Fsp3) is 0.600. The fourth-order valence-electron chi connectivity index (χ4n) is 3.28. The minimum absolute atomic E-state index is 0.0344. The number of carbonyl (C=O) groups excluding carboxylic acids is 2. The number of aliphatic hydroxyl groups is 1. The lowest BCUT2D eigenvalue weighted by atomic mass is 9.94. The van der Waals surface area contributed by atoms with Crippen molar-refractivity contribution in [2.24, 2.45) is 5.92 Å². The number of benzene rings is 1. The third kappa shape index (κ3) is 5.86. The summed E-state index contributed by atoms with van der Waals surface area (Å²) in [5.74, 6) is 1.16. The zero-order valence-electron chi connectivity index (χ0n) is 15.2. The summed E-state index contributed by atoms with van der Waals surface area (Å²) in [6, 6.07) is 7.84. The van der Waals surface area contributed by atoms with Crippen LogP contribution in [0.15, 0.2) is 24.3 Å². The maximum atomic E-state index is 12.4. The molecule has 0 bridgehead atoms. The molecule has 5 heteroatoms. The molecule has 2 N–H and O–H groups in total. The Hall–Kier alpha value is -1.33. The van der Waals surface area contributed by atoms with Crippen LogP contribution in [0.3, 0.4) is 0 Å². The van der Waals surface area contributed by atoms with E-state index in [1.54, 1.807) is 11.8 Å². The van der Waals surface area contributed by atoms with Crippen LogP contribution in [-0.2, 0) is 16.0 Å². The molecule has 3 atom stereocenters. The molecule has 1 aromatic carbocycles. The average molecular weight is 364 g/mol. The van der Waals surface area contributed by atoms with Gasteiger partial charge >= 0.3 is 0 Å². The number of rotatable bonds is 9. The van der Waals surface area contributed by atoms with Gasteiger partial charge in [-0.2, -0.15) is 11.8 Å². The van der Waals surface area contributed by atoms with Crippen molar-refractivity contribution in [3.8, 4) is 0 Å². The van der Waals surface area contributed by atoms with E-state index in [9.17, 15) is 14.7 Å². The van der Waals surface area contributed by atoms with Crippen LogP contribution >= 0.6 is 11.8 Å². The summed E-state index contributed by atoms with van der Waals surface area (Å²) < 4.78 is 0. The zero-order valence-corrected chi connectivity index (χ0v) is 16.0. The van der Waals surface area contributed by atoms with Crippen molar-refractivity contribution in [1.82, 2.24) is 5.32 Å². The first-order chi connectivity index (χ1) is 12.0. The highest BCUT2D eigenvalue weighted by molar-refractivity contribution is 7.98. The van der Waals surface area contributed by atoms with E-state index in [-0.39, 0.29) is 30.4 Å². The van der Waals surface area contributed by atoms with Crippen molar-refractivity contribution >= 4 is 23.5 Å². The van der Waals surface area contributed by atoms with Crippen LogP contribution in [0.4, 0.5) is 0 Å². The summed E-state index contributed by atoms with van der Waals surface area (Å²) in [5, 5.41) is 12.3. The van der Waals surface area contributed by atoms with E-state index in [1.165, 1.54) is 0 Å². The molecule has 0 radical (unpaired) electrons. The lowest BCUT2D eigenvalue weighted by Crippen LogP contribution is -2.40. The van der Waals surface area contributed by atoms with Gasteiger partial charge in [0.1, 0.15) is 5.78 Å². The molecule has 0 aliphatic heterocycles. The second-order valence-electron chi connectivity index (χ2n) is 6.89. The molecule has 1 amide bonds. The summed E-state index contributed by atoms with van der Waals surface area (Å²) in [7, 11) is 0. The molecular formula is C20H29NO3S. The third-order valence-corrected chi connectivity index (χ3v) is 5.67. The first-order valence-corrected chi connectivity index (χ1v) is 10.5. The summed E-state index contributed by atoms with van der Waals surface area (Å²) in [6.07, 6.45) is 6.33. The Labute approximate surface area is 154 Å². The van der Waals surface area contributed by atoms with Gasteiger partial charge in [0, 0.05) is 12.3 Å². The molecule has 1 aromatic rings. The van der Waals surface area contributed by atoms with Crippen LogP contribution in [0.5, 0.6) is 0 Å². The van der Waals surface area contributed by atoms with Gasteiger partial charge in [-0.05, 0) is 55.7 Å². The molecule has 4 nitrogen and oxygen atoms in total. The Morgan fingerprint density at radius 3 is 2.64 bits per heavy atom. The molecular weight excluding hydrogens is 334 g/mol. The van der Waals surface area contributed by atoms with E-state index in [2.05, 4.69) is 5.32 Å². The number of hydrogen-bond donors (Lipinski definition) is 2. The van der Waals surface area contributed by atoms with Crippen LogP contribution in [0.2, 0.25) is 0 Å². The number of ketones is 1. The lowest BCUT2D eigenvalue weighted by Gasteiger charge is -2.19. The first-order valence-electron chi connectivity index (χ1n) is 9.06. The van der Waals surface area contributed by atoms with Crippen molar-refractivity contribution in [1.29, 1.82) is 0 Å². The molecule has 0 heterocycles. The number of carbonyl (C=O) groups is 2. The average Bonchev–Trinajstić information content (AvgIpc) is 3.03. The van der Waals surface area contributed by atoms with Gasteiger partial charge in [0.15, 0.2) is 0 Å². The van der Waals surface area contributed by atoms with Crippen LogP contribution in [0.25, 0.3) is 0 Å². The largest absolute Gasteiger partial charge is 0.394 e. The van der Waals surface area contributed by atoms with E-state index < -0.39 is 0 Å². The van der Waals surface area contributed by atoms with Crippen molar-refractivity contribution in [3.63, 3.8) is 0 Å². The fourth-order valence-corrected chi connectivity index (χ4v) is 3.80. The normalized spacial score (nSPS) is 19.6. The van der Waals surface area contributed by atoms with E-state index in [1.807, 2.05) is 37.4 Å². The minimum atomic E-state index is -0.259. The van der Waals surface area contributed by atoms with Crippen molar-refractivity contribution in [3.05, 3.63) is 35.4 Å². The number of hydrogen-bond acceptors (Lipinski definition) is 4. The van der Waals surface area contributed by atoms with Crippen molar-refractivity contribution in [2.75, 3.05) is 18.6 Å². The summed E-state index contributed by atoms with van der Waals surface area (Å²) >= 11 is 1.71. The standard InChI is InChI=1S/C20H29NO3S/c1-14(20(24)21-18(13-22)10-11-25-2)16-8-6-15(7-9-16)12-17-4-3-5-19(17)23/h6-9,14,17-18,22H,3-5,10-13H2,1-2H3,(H,21,24)/t14-,17-,18-/m1/s1. The lowest BCUT2D eigenvalue weighted by molar-refractivity contribution is -0.123. The maximum Gasteiger partial charge on any atom is 0.227 e. The summed E-state index contributed by atoms with van der Waals surface area (Å²) in [6.45, 7) is 1.85. The predicted molar refractivity (Wildman–Crippen MR) is 103 cm³/mol. The second-order valence-corrected chi connectivity index (χ2v) is 7.88. The maximum absolute atomic E-state index is 12.4. The van der Waals surface area contributed by atoms with Gasteiger partial charge in [-0.15, -0.1) is 0 Å². The number of aliphatic hydroxyl groups excluding tert-OH is 1. The van der Waals surface area contributed by atoms with Gasteiger partial charge in [-0.25, -0.2) is 0 Å². The topological polar surface area (TPSA) is 66.4 Å². The molecule has 0 unspecified atom stereocenters. The quantitative estimate of drug-likeness (QED) is 0.708. The van der Waals surface area contributed by atoms with Gasteiger partial charge in [0.05, 0.1) is 18.6 Å². The highest BCUT2D eigenvalue weighted by Crippen LogP contribution is 2.26. The SMILES string of the molecule is CSCC[C@H](CO)NC(=O)[C@H](C)c1ccc(C[C@H]2CCCC2=O)cc1. The highest BCUT2D eigenvalue weighted by Gasteiger charge is 2.24. The number of nitrogens with one attached hydrogen (secondary N) is 1. The Kier molecular flexibility index (Phi) is 7.97. The summed E-state index contributed by atoms with van der Waals surface area (Å²) in [4.78, 5) is 24.2. The van der Waals surface area contributed by atoms with Gasteiger partial charge in [0.2, 0.25) is 5.91 Å². The molecule has 2 rings (SSSR count). The molecule has 1 aliphatic rings. The Balaban J connectivity index is 1.91. The molecule has 1 aliphatic carbocycles. The molecule has 0 spiro atoms. The number of amides is 1. The number of thioether (sulfide) groups is 1. The molecule has 0 aromatic heterocycles. The van der Waals surface area contributed by atoms with E-state index >= 15 is 0 Å². The van der Waals surface area contributed by atoms with Crippen molar-refractivity contribution in [2.45, 2.75) is 51.0 Å². The molecule has 1 saturated carbocycles. The minimum Gasteiger partial charge on any atom is -0.394 e. The highest BCUT2D eigenvalue weighted by atomic mass is 32.2. The van der Waals surface area contributed by atoms with Crippen LogP contribution in [0, 0.1) is 5.92 Å². The Bertz CT molecular complexity index is 573. The molecule has 0 saturated heterocycles. The van der Waals surface area contributed by atoms with E-state index in [0.29, 0.717) is 5.78 Å². The van der Waals surface area contributed by atoms with Gasteiger partial charge in [0.25, 0.3) is 0 Å². The van der Waals surface area contributed by atoms with Crippen molar-refractivity contribution < 1.29 is 14.7 Å². The van der Waals surface area contributed by atoms with Gasteiger partial charge in [-0.1, -0.05) is 24.3 Å². The van der Waals surface area contributed by atoms with Gasteiger partial charge < -0.3 is 10.4 Å². The van der Waals surface area contributed by atoms with Crippen LogP contribution in [0.1, 0.15) is 49.7 Å². The molecule has 1 fully saturated rings. The zero-order chi connectivity index (χ0) is 18.2. The monoisotopic (exact) mass is 363 g/mol. The Morgan fingerprint density at radius 1 is 1.36 bits per heavy atom. The molecule has 138 valence electrons. The Morgan fingerprint density at radius 2 is 2.08 bits per heavy atom. The van der Waals surface area contributed by atoms with E-state index in [4.69, 9.17) is 0 Å². The smallest absolute Gasteiger partial charge is 0.227 e. The van der Waals surface area contributed by atoms with Crippen LogP contribution in [-0.4, -0.2) is 41.5 Å². The van der Waals surface area contributed by atoms with E-state index in [0.717, 1.165) is 49.0 Å². The predicted octanol–water partition coefficient (Wildman–Crippen LogP) is 2.93. The molecule has 25 heavy (non-hydrogen) atoms. The second kappa shape index (κ2) is 9.97. The summed E-state index contributed by atoms with van der Waals surface area (Å²) in [5.41, 5.74) is 2.12. The number of Topliss-reactive ketones (excluding diaryl/α,β-unsaturated/α-hetero) is 1. The van der Waals surface area contributed by atoms with Gasteiger partial charge in [-0.3, -0.25) is 9.59 Å².